The number of carboxylic acids is 1. The quantitative estimate of drug-likeness (QED) is 0.222. The van der Waals surface area contributed by atoms with E-state index in [9.17, 15) is 18.3 Å². The number of carboxylic acid groups (broad SMARTS) is 1. The van der Waals surface area contributed by atoms with Gasteiger partial charge in [-0.1, -0.05) is 64.8 Å². The molecule has 39 heavy (non-hydrogen) atoms. The summed E-state index contributed by atoms with van der Waals surface area (Å²) in [6, 6.07) is 23.1. The third-order valence-electron chi connectivity index (χ3n) is 5.66. The van der Waals surface area contributed by atoms with Crippen LogP contribution in [0.15, 0.2) is 94.3 Å². The first kappa shape index (κ1) is 26.5. The van der Waals surface area contributed by atoms with Crippen LogP contribution in [0.3, 0.4) is 0 Å². The van der Waals surface area contributed by atoms with E-state index in [1.54, 1.807) is 30.3 Å². The normalized spacial score (nSPS) is 11.4. The van der Waals surface area contributed by atoms with Gasteiger partial charge in [0.15, 0.2) is 6.61 Å². The van der Waals surface area contributed by atoms with Gasteiger partial charge in [0, 0.05) is 15.6 Å². The van der Waals surface area contributed by atoms with E-state index < -0.39 is 22.5 Å². The summed E-state index contributed by atoms with van der Waals surface area (Å²) in [5.41, 5.74) is 0.757. The minimum Gasteiger partial charge on any atom is -0.485 e. The summed E-state index contributed by atoms with van der Waals surface area (Å²) in [4.78, 5) is 15.8. The Hall–Kier alpha value is -4.12. The fourth-order valence-corrected chi connectivity index (χ4v) is 6.08. The lowest BCUT2D eigenvalue weighted by Gasteiger charge is -2.23. The molecule has 4 aromatic carbocycles. The first-order chi connectivity index (χ1) is 18.7. The Kier molecular flexibility index (Phi) is 7.42. The van der Waals surface area contributed by atoms with Gasteiger partial charge in [-0.25, -0.2) is 8.42 Å². The lowest BCUT2D eigenvalue weighted by atomic mass is 10.0. The van der Waals surface area contributed by atoms with Crippen molar-refractivity contribution >= 4 is 55.7 Å². The highest BCUT2D eigenvalue weighted by Gasteiger charge is 2.28. The molecule has 0 amide bonds. The number of aliphatic carboxylic acids is 1. The molecule has 0 aliphatic carbocycles. The zero-order chi connectivity index (χ0) is 27.6. The second-order valence-corrected chi connectivity index (χ2v) is 11.1. The van der Waals surface area contributed by atoms with Crippen molar-refractivity contribution in [3.8, 4) is 17.2 Å². The predicted octanol–water partition coefficient (Wildman–Crippen LogP) is 6.06. The van der Waals surface area contributed by atoms with Crippen molar-refractivity contribution in [3.63, 3.8) is 0 Å². The fraction of sp³-hybridized carbons (Fsp3) is 0.0741. The van der Waals surface area contributed by atoms with Crippen LogP contribution in [-0.2, 0) is 21.4 Å². The topological polar surface area (TPSA) is 123 Å². The number of benzene rings is 4. The number of hydrogen-bond acceptors (Lipinski definition) is 7. The molecule has 0 fully saturated rings. The maximum absolute atomic E-state index is 13.5. The lowest BCUT2D eigenvalue weighted by molar-refractivity contribution is -0.135. The van der Waals surface area contributed by atoms with Crippen molar-refractivity contribution < 1.29 is 27.6 Å². The highest BCUT2D eigenvalue weighted by Crippen LogP contribution is 2.33. The summed E-state index contributed by atoms with van der Waals surface area (Å²) >= 11 is 12.0. The number of nitrogens with zero attached hydrogens (tertiary/aromatic N) is 3. The molecule has 1 aromatic heterocycles. The Morgan fingerprint density at radius 2 is 1.69 bits per heavy atom. The molecule has 0 saturated carbocycles. The van der Waals surface area contributed by atoms with Crippen molar-refractivity contribution in [2.24, 2.45) is 0 Å². The number of para-hydroxylation sites is 1. The van der Waals surface area contributed by atoms with Crippen LogP contribution in [0.4, 0.5) is 5.69 Å². The molecule has 5 aromatic rings. The SMILES string of the molecule is O=C(O)CN(c1ccc2c(-c3nc(COc4ccccc4)no3)cccc2c1)S(=O)(=O)c1cc(Cl)cc(Cl)c1. The Bertz CT molecular complexity index is 1760. The van der Waals surface area contributed by atoms with Gasteiger partial charge in [-0.2, -0.15) is 4.98 Å². The van der Waals surface area contributed by atoms with Crippen molar-refractivity contribution in [2.75, 3.05) is 10.8 Å². The van der Waals surface area contributed by atoms with Crippen molar-refractivity contribution in [2.45, 2.75) is 11.5 Å². The van der Waals surface area contributed by atoms with Crippen LogP contribution in [-0.4, -0.2) is 36.2 Å². The van der Waals surface area contributed by atoms with Crippen LogP contribution in [0.5, 0.6) is 5.75 Å². The van der Waals surface area contributed by atoms with Crippen molar-refractivity contribution in [1.29, 1.82) is 0 Å². The molecule has 0 saturated heterocycles. The average Bonchev–Trinajstić information content (AvgIpc) is 3.39. The van der Waals surface area contributed by atoms with Gasteiger partial charge >= 0.3 is 5.97 Å². The van der Waals surface area contributed by atoms with Crippen LogP contribution in [0, 0.1) is 0 Å². The van der Waals surface area contributed by atoms with Crippen molar-refractivity contribution in [1.82, 2.24) is 10.1 Å². The highest BCUT2D eigenvalue weighted by atomic mass is 35.5. The summed E-state index contributed by atoms with van der Waals surface area (Å²) in [6.45, 7) is -0.704. The number of anilines is 1. The molecule has 0 aliphatic rings. The standard InChI is InChI=1S/C27H19Cl2N3O6S/c28-18-12-19(29)14-22(13-18)39(35,36)32(15-26(33)34)20-9-10-23-17(11-20)5-4-8-24(23)27-30-25(31-38-27)16-37-21-6-2-1-3-7-21/h1-14H,15-16H2,(H,33,34). The molecule has 12 heteroatoms. The van der Waals surface area contributed by atoms with Gasteiger partial charge in [0.1, 0.15) is 12.3 Å². The van der Waals surface area contributed by atoms with E-state index in [4.69, 9.17) is 32.5 Å². The number of aromatic nitrogens is 2. The molecule has 0 atom stereocenters. The number of hydrogen-bond donors (Lipinski definition) is 1. The minimum atomic E-state index is -4.32. The summed E-state index contributed by atoms with van der Waals surface area (Å²) in [6.07, 6.45) is 0. The second-order valence-electron chi connectivity index (χ2n) is 8.34. The van der Waals surface area contributed by atoms with Crippen LogP contribution < -0.4 is 9.04 Å². The summed E-state index contributed by atoms with van der Waals surface area (Å²) in [5, 5.41) is 15.0. The van der Waals surface area contributed by atoms with E-state index in [2.05, 4.69) is 10.1 Å². The van der Waals surface area contributed by atoms with Gasteiger partial charge in [-0.15, -0.1) is 0 Å². The van der Waals surface area contributed by atoms with E-state index in [-0.39, 0.29) is 33.1 Å². The first-order valence-electron chi connectivity index (χ1n) is 11.4. The third-order valence-corrected chi connectivity index (χ3v) is 7.85. The number of fused-ring (bicyclic) bond motifs is 1. The van der Waals surface area contributed by atoms with Gasteiger partial charge in [0.05, 0.1) is 10.6 Å². The van der Waals surface area contributed by atoms with Gasteiger partial charge in [-0.05, 0) is 59.3 Å². The van der Waals surface area contributed by atoms with Gasteiger partial charge in [0.25, 0.3) is 15.9 Å². The summed E-state index contributed by atoms with van der Waals surface area (Å²) in [7, 11) is -4.32. The number of ether oxygens (including phenoxy) is 1. The molecular formula is C27H19Cl2N3O6S. The summed E-state index contributed by atoms with van der Waals surface area (Å²) in [5.74, 6) is -0.0657. The van der Waals surface area contributed by atoms with Crippen LogP contribution >= 0.6 is 23.2 Å². The zero-order valence-electron chi connectivity index (χ0n) is 20.0. The molecule has 1 N–H and O–H groups in total. The lowest BCUT2D eigenvalue weighted by Crippen LogP contribution is -2.35. The summed E-state index contributed by atoms with van der Waals surface area (Å²) < 4.78 is 38.9. The van der Waals surface area contributed by atoms with Crippen LogP contribution in [0.1, 0.15) is 5.82 Å². The molecule has 1 heterocycles. The number of rotatable bonds is 9. The largest absolute Gasteiger partial charge is 0.485 e. The Morgan fingerprint density at radius 3 is 2.41 bits per heavy atom. The second kappa shape index (κ2) is 10.9. The van der Waals surface area contributed by atoms with E-state index in [1.807, 2.05) is 30.3 Å². The molecule has 0 spiro atoms. The number of halogens is 2. The Balaban J connectivity index is 1.48. The smallest absolute Gasteiger partial charge is 0.324 e. The molecule has 0 aliphatic heterocycles. The van der Waals surface area contributed by atoms with Gasteiger partial charge < -0.3 is 14.4 Å². The molecular weight excluding hydrogens is 565 g/mol. The van der Waals surface area contributed by atoms with Gasteiger partial charge in [-0.3, -0.25) is 9.10 Å². The van der Waals surface area contributed by atoms with Gasteiger partial charge in [0.2, 0.25) is 5.82 Å². The van der Waals surface area contributed by atoms with Crippen molar-refractivity contribution in [3.05, 3.63) is 101 Å². The fourth-order valence-electron chi connectivity index (χ4n) is 3.94. The minimum absolute atomic E-state index is 0.104. The maximum Gasteiger partial charge on any atom is 0.324 e. The van der Waals surface area contributed by atoms with E-state index in [0.717, 1.165) is 4.31 Å². The van der Waals surface area contributed by atoms with Crippen LogP contribution in [0.25, 0.3) is 22.2 Å². The Labute approximate surface area is 233 Å². The molecule has 0 radical (unpaired) electrons. The molecule has 0 unspecified atom stereocenters. The van der Waals surface area contributed by atoms with Crippen LogP contribution in [0.2, 0.25) is 10.0 Å². The van der Waals surface area contributed by atoms with E-state index >= 15 is 0 Å². The predicted molar refractivity (Wildman–Crippen MR) is 147 cm³/mol. The Morgan fingerprint density at radius 1 is 0.949 bits per heavy atom. The highest BCUT2D eigenvalue weighted by molar-refractivity contribution is 7.92. The molecule has 198 valence electrons. The molecule has 5 rings (SSSR count). The molecule has 0 bridgehead atoms. The average molecular weight is 584 g/mol. The third kappa shape index (κ3) is 5.83. The monoisotopic (exact) mass is 583 g/mol. The van der Waals surface area contributed by atoms with E-state index in [0.29, 0.717) is 27.9 Å². The number of carbonyl (C=O) groups is 1. The maximum atomic E-state index is 13.5. The zero-order valence-corrected chi connectivity index (χ0v) is 22.3. The number of sulfonamides is 1. The molecule has 9 nitrogen and oxygen atoms in total. The van der Waals surface area contributed by atoms with E-state index in [1.165, 1.54) is 24.3 Å². The first-order valence-corrected chi connectivity index (χ1v) is 13.6.